The third-order valence-corrected chi connectivity index (χ3v) is 4.28. The summed E-state index contributed by atoms with van der Waals surface area (Å²) in [4.78, 5) is 17.9. The summed E-state index contributed by atoms with van der Waals surface area (Å²) in [6.45, 7) is 11.5. The van der Waals surface area contributed by atoms with Crippen molar-refractivity contribution in [2.24, 2.45) is 4.99 Å². The topological polar surface area (TPSA) is 78.0 Å². The number of carbonyl (C=O) groups is 1. The fraction of sp³-hybridized carbons (Fsp3) is 0.600. The lowest BCUT2D eigenvalue weighted by atomic mass is 10.2. The molecule has 0 saturated carbocycles. The van der Waals surface area contributed by atoms with Crippen LogP contribution in [0.3, 0.4) is 0 Å². The van der Waals surface area contributed by atoms with Crippen molar-refractivity contribution >= 4 is 17.7 Å². The lowest BCUT2D eigenvalue weighted by molar-refractivity contribution is 0.173. The monoisotopic (exact) mass is 377 g/mol. The summed E-state index contributed by atoms with van der Waals surface area (Å²) < 4.78 is 4.58. The van der Waals surface area contributed by atoms with E-state index in [0.29, 0.717) is 24.3 Å². The number of benzene rings is 1. The van der Waals surface area contributed by atoms with Gasteiger partial charge in [-0.3, -0.25) is 15.2 Å². The minimum Gasteiger partial charge on any atom is -0.453 e. The minimum atomic E-state index is -0.473. The Hall–Kier alpha value is -2.28. The first kappa shape index (κ1) is 22.8. The molecule has 1 amide bonds. The molecule has 1 aromatic carbocycles. The van der Waals surface area contributed by atoms with Gasteiger partial charge >= 0.3 is 6.09 Å². The lowest BCUT2D eigenvalue weighted by Crippen LogP contribution is -2.41. The molecule has 152 valence electrons. The average Bonchev–Trinajstić information content (AvgIpc) is 2.64. The van der Waals surface area contributed by atoms with E-state index in [1.165, 1.54) is 7.11 Å². The Bertz CT molecular complexity index is 577. The number of nitrogens with zero attached hydrogens (tertiary/aromatic N) is 2. The number of ether oxygens (including phenoxy) is 1. The van der Waals surface area contributed by atoms with Gasteiger partial charge in [0.2, 0.25) is 0 Å². The van der Waals surface area contributed by atoms with Crippen LogP contribution in [-0.4, -0.2) is 56.3 Å². The maximum atomic E-state index is 11.2. The van der Waals surface area contributed by atoms with Crippen LogP contribution in [0.4, 0.5) is 10.5 Å². The Morgan fingerprint density at radius 2 is 1.74 bits per heavy atom. The number of aliphatic imine (C=N–C) groups is 1. The van der Waals surface area contributed by atoms with Crippen LogP contribution < -0.4 is 16.0 Å². The van der Waals surface area contributed by atoms with E-state index in [1.54, 1.807) is 7.05 Å². The van der Waals surface area contributed by atoms with Crippen LogP contribution in [0, 0.1) is 0 Å². The van der Waals surface area contributed by atoms with Crippen molar-refractivity contribution in [1.82, 2.24) is 15.5 Å². The van der Waals surface area contributed by atoms with Crippen LogP contribution in [0.25, 0.3) is 0 Å². The second-order valence-electron chi connectivity index (χ2n) is 6.94. The number of anilines is 1. The van der Waals surface area contributed by atoms with Gasteiger partial charge < -0.3 is 15.4 Å². The van der Waals surface area contributed by atoms with Crippen LogP contribution in [0.2, 0.25) is 0 Å². The minimum absolute atomic E-state index is 0.473. The highest BCUT2D eigenvalue weighted by molar-refractivity contribution is 5.84. The highest BCUT2D eigenvalue weighted by Crippen LogP contribution is 2.09. The van der Waals surface area contributed by atoms with Crippen molar-refractivity contribution in [3.05, 3.63) is 29.8 Å². The number of guanidine groups is 1. The molecule has 1 rings (SSSR count). The van der Waals surface area contributed by atoms with Gasteiger partial charge in [0, 0.05) is 44.5 Å². The Morgan fingerprint density at radius 1 is 1.11 bits per heavy atom. The summed E-state index contributed by atoms with van der Waals surface area (Å²) in [5, 5.41) is 9.29. The van der Waals surface area contributed by atoms with Crippen molar-refractivity contribution in [2.75, 3.05) is 32.6 Å². The highest BCUT2D eigenvalue weighted by Gasteiger charge is 2.12. The highest BCUT2D eigenvalue weighted by atomic mass is 16.5. The zero-order valence-corrected chi connectivity index (χ0v) is 17.5. The maximum absolute atomic E-state index is 11.2. The van der Waals surface area contributed by atoms with Gasteiger partial charge in [-0.05, 0) is 51.8 Å². The molecule has 0 aliphatic heterocycles. The molecule has 27 heavy (non-hydrogen) atoms. The third kappa shape index (κ3) is 8.77. The van der Waals surface area contributed by atoms with E-state index in [2.05, 4.69) is 58.3 Å². The summed E-state index contributed by atoms with van der Waals surface area (Å²) >= 11 is 0. The third-order valence-electron chi connectivity index (χ3n) is 4.28. The number of hydrogen-bond acceptors (Lipinski definition) is 4. The number of rotatable bonds is 9. The standard InChI is InChI=1S/C20H35N5O2/c1-15(2)25(16(3)4)13-7-12-22-19(21-5)23-14-17-8-10-18(11-9-17)24-20(26)27-6/h8-11,15-16H,7,12-14H2,1-6H3,(H,24,26)(H2,21,22,23). The fourth-order valence-electron chi connectivity index (χ4n) is 2.86. The van der Waals surface area contributed by atoms with E-state index in [9.17, 15) is 4.79 Å². The van der Waals surface area contributed by atoms with E-state index < -0.39 is 6.09 Å². The van der Waals surface area contributed by atoms with Gasteiger partial charge in [0.25, 0.3) is 0 Å². The van der Waals surface area contributed by atoms with Crippen molar-refractivity contribution in [1.29, 1.82) is 0 Å². The zero-order chi connectivity index (χ0) is 20.2. The SMILES string of the molecule is CN=C(NCCCN(C(C)C)C(C)C)NCc1ccc(NC(=O)OC)cc1. The summed E-state index contributed by atoms with van der Waals surface area (Å²) in [6, 6.07) is 8.70. The molecule has 0 unspecified atom stereocenters. The van der Waals surface area contributed by atoms with E-state index in [-0.39, 0.29) is 0 Å². The van der Waals surface area contributed by atoms with Gasteiger partial charge in [-0.1, -0.05) is 12.1 Å². The van der Waals surface area contributed by atoms with E-state index in [4.69, 9.17) is 0 Å². The van der Waals surface area contributed by atoms with Gasteiger partial charge in [0.15, 0.2) is 5.96 Å². The Morgan fingerprint density at radius 3 is 2.26 bits per heavy atom. The number of nitrogens with one attached hydrogen (secondary N) is 3. The second kappa shape index (κ2) is 12.2. The Balaban J connectivity index is 2.36. The molecule has 3 N–H and O–H groups in total. The smallest absolute Gasteiger partial charge is 0.411 e. The lowest BCUT2D eigenvalue weighted by Gasteiger charge is -2.30. The van der Waals surface area contributed by atoms with E-state index >= 15 is 0 Å². The quantitative estimate of drug-likeness (QED) is 0.350. The summed E-state index contributed by atoms with van der Waals surface area (Å²) in [5.41, 5.74) is 1.80. The average molecular weight is 378 g/mol. The van der Waals surface area contributed by atoms with Crippen LogP contribution >= 0.6 is 0 Å². The molecule has 0 fully saturated rings. The number of methoxy groups -OCH3 is 1. The largest absolute Gasteiger partial charge is 0.453 e. The number of amides is 1. The molecular weight excluding hydrogens is 342 g/mol. The zero-order valence-electron chi connectivity index (χ0n) is 17.5. The molecule has 1 aromatic rings. The summed E-state index contributed by atoms with van der Waals surface area (Å²) in [5.74, 6) is 0.785. The molecule has 0 radical (unpaired) electrons. The number of carbonyl (C=O) groups excluding carboxylic acids is 1. The van der Waals surface area contributed by atoms with E-state index in [1.807, 2.05) is 24.3 Å². The molecule has 0 aliphatic carbocycles. The number of hydrogen-bond donors (Lipinski definition) is 3. The van der Waals surface area contributed by atoms with Gasteiger partial charge in [0.05, 0.1) is 7.11 Å². The van der Waals surface area contributed by atoms with Crippen molar-refractivity contribution in [3.63, 3.8) is 0 Å². The van der Waals surface area contributed by atoms with Crippen LogP contribution in [0.5, 0.6) is 0 Å². The van der Waals surface area contributed by atoms with Crippen molar-refractivity contribution in [3.8, 4) is 0 Å². The summed E-state index contributed by atoms with van der Waals surface area (Å²) in [7, 11) is 3.11. The van der Waals surface area contributed by atoms with Crippen molar-refractivity contribution < 1.29 is 9.53 Å². The van der Waals surface area contributed by atoms with Crippen LogP contribution in [0.1, 0.15) is 39.7 Å². The Kier molecular flexibility index (Phi) is 10.3. The molecule has 0 heterocycles. The van der Waals surface area contributed by atoms with Crippen molar-refractivity contribution in [2.45, 2.75) is 52.7 Å². The normalized spacial score (nSPS) is 11.8. The van der Waals surface area contributed by atoms with E-state index in [0.717, 1.165) is 31.0 Å². The maximum Gasteiger partial charge on any atom is 0.411 e. The first-order chi connectivity index (χ1) is 12.9. The first-order valence-electron chi connectivity index (χ1n) is 9.51. The molecule has 0 spiro atoms. The summed E-state index contributed by atoms with van der Waals surface area (Å²) in [6.07, 6.45) is 0.587. The van der Waals surface area contributed by atoms with Gasteiger partial charge in [-0.2, -0.15) is 0 Å². The first-order valence-corrected chi connectivity index (χ1v) is 9.51. The molecule has 7 nitrogen and oxygen atoms in total. The molecule has 7 heteroatoms. The molecular formula is C20H35N5O2. The molecule has 0 atom stereocenters. The predicted molar refractivity (Wildman–Crippen MR) is 112 cm³/mol. The molecule has 0 saturated heterocycles. The fourth-order valence-corrected chi connectivity index (χ4v) is 2.86. The molecule has 0 aromatic heterocycles. The van der Waals surface area contributed by atoms with Gasteiger partial charge in [-0.15, -0.1) is 0 Å². The van der Waals surface area contributed by atoms with Gasteiger partial charge in [-0.25, -0.2) is 4.79 Å². The van der Waals surface area contributed by atoms with Crippen LogP contribution in [0.15, 0.2) is 29.3 Å². The Labute approximate surface area is 163 Å². The predicted octanol–water partition coefficient (Wildman–Crippen LogP) is 3.04. The molecule has 0 aliphatic rings. The second-order valence-corrected chi connectivity index (χ2v) is 6.94. The van der Waals surface area contributed by atoms with Gasteiger partial charge in [0.1, 0.15) is 0 Å². The van der Waals surface area contributed by atoms with Crippen LogP contribution in [-0.2, 0) is 11.3 Å². The molecule has 0 bridgehead atoms.